The second-order valence-electron chi connectivity index (χ2n) is 3.06. The summed E-state index contributed by atoms with van der Waals surface area (Å²) in [6, 6.07) is 14.1. The van der Waals surface area contributed by atoms with Crippen LogP contribution in [0.4, 0.5) is 0 Å². The summed E-state index contributed by atoms with van der Waals surface area (Å²) >= 11 is 5.14. The first-order valence-corrected chi connectivity index (χ1v) is 6.43. The maximum absolute atomic E-state index is 8.99. The lowest BCUT2D eigenvalue weighted by atomic mass is 10.1. The number of nitrogens with zero attached hydrogens (tertiary/aromatic N) is 1. The Morgan fingerprint density at radius 2 is 2.00 bits per heavy atom. The maximum Gasteiger partial charge on any atom is 0.0998 e. The van der Waals surface area contributed by atoms with E-state index in [9.17, 15) is 0 Å². The smallest absolute Gasteiger partial charge is 0.0998 e. The molecule has 0 saturated heterocycles. The number of hydrogen-bond acceptors (Lipinski definition) is 2. The third-order valence-electron chi connectivity index (χ3n) is 2.11. The third-order valence-corrected chi connectivity index (χ3v) is 4.20. The van der Waals surface area contributed by atoms with Gasteiger partial charge in [0.15, 0.2) is 0 Å². The van der Waals surface area contributed by atoms with Crippen molar-refractivity contribution >= 4 is 27.3 Å². The lowest BCUT2D eigenvalue weighted by Gasteiger charge is -1.98. The fourth-order valence-electron chi connectivity index (χ4n) is 1.39. The predicted octanol–water partition coefficient (Wildman–Crippen LogP) is 4.18. The second kappa shape index (κ2) is 4.61. The molecule has 1 nitrogen and oxygen atoms in total. The Labute approximate surface area is 101 Å². The molecule has 0 aliphatic carbocycles. The van der Waals surface area contributed by atoms with Gasteiger partial charge in [-0.2, -0.15) is 5.26 Å². The molecule has 1 aromatic heterocycles. The number of benzene rings is 1. The fraction of sp³-hybridized carbons (Fsp3) is 0.0833. The average Bonchev–Trinajstić information content (AvgIpc) is 2.77. The zero-order valence-electron chi connectivity index (χ0n) is 7.90. The monoisotopic (exact) mass is 277 g/mol. The Bertz CT molecular complexity index is 510. The molecular formula is C12H8BrNS. The largest absolute Gasteiger partial charge is 0.192 e. The molecule has 1 aromatic carbocycles. The summed E-state index contributed by atoms with van der Waals surface area (Å²) in [6.07, 6.45) is 0. The van der Waals surface area contributed by atoms with E-state index in [0.29, 0.717) is 0 Å². The van der Waals surface area contributed by atoms with Crippen LogP contribution in [0.3, 0.4) is 0 Å². The van der Waals surface area contributed by atoms with Gasteiger partial charge >= 0.3 is 0 Å². The maximum atomic E-state index is 8.99. The van der Waals surface area contributed by atoms with Gasteiger partial charge in [0.05, 0.1) is 11.6 Å². The summed E-state index contributed by atoms with van der Waals surface area (Å²) in [5.41, 5.74) is 1.76. The van der Waals surface area contributed by atoms with E-state index < -0.39 is 0 Å². The SMILES string of the molecule is N#Cc1ccccc1-c1ccc(CBr)s1. The molecular weight excluding hydrogens is 270 g/mol. The van der Waals surface area contributed by atoms with Gasteiger partial charge in [-0.15, -0.1) is 11.3 Å². The van der Waals surface area contributed by atoms with Crippen LogP contribution in [-0.4, -0.2) is 0 Å². The summed E-state index contributed by atoms with van der Waals surface area (Å²) in [5, 5.41) is 9.86. The van der Waals surface area contributed by atoms with Crippen molar-refractivity contribution in [3.05, 3.63) is 46.8 Å². The van der Waals surface area contributed by atoms with Crippen LogP contribution in [-0.2, 0) is 5.33 Å². The molecule has 74 valence electrons. The average molecular weight is 278 g/mol. The van der Waals surface area contributed by atoms with E-state index in [0.717, 1.165) is 21.3 Å². The molecule has 0 unspecified atom stereocenters. The van der Waals surface area contributed by atoms with Crippen LogP contribution in [0.1, 0.15) is 10.4 Å². The van der Waals surface area contributed by atoms with Gasteiger partial charge in [-0.05, 0) is 18.2 Å². The highest BCUT2D eigenvalue weighted by atomic mass is 79.9. The molecule has 1 heterocycles. The van der Waals surface area contributed by atoms with Crippen LogP contribution in [0.15, 0.2) is 36.4 Å². The topological polar surface area (TPSA) is 23.8 Å². The second-order valence-corrected chi connectivity index (χ2v) is 4.79. The van der Waals surface area contributed by atoms with Gasteiger partial charge in [0.1, 0.15) is 0 Å². The molecule has 0 fully saturated rings. The lowest BCUT2D eigenvalue weighted by Crippen LogP contribution is -1.79. The molecule has 0 aliphatic rings. The van der Waals surface area contributed by atoms with Crippen LogP contribution in [0.5, 0.6) is 0 Å². The first-order valence-electron chi connectivity index (χ1n) is 4.49. The predicted molar refractivity (Wildman–Crippen MR) is 67.1 cm³/mol. The molecule has 0 bridgehead atoms. The van der Waals surface area contributed by atoms with Crippen molar-refractivity contribution in [1.82, 2.24) is 0 Å². The van der Waals surface area contributed by atoms with Crippen LogP contribution in [0.25, 0.3) is 10.4 Å². The van der Waals surface area contributed by atoms with Crippen LogP contribution < -0.4 is 0 Å². The van der Waals surface area contributed by atoms with Gasteiger partial charge < -0.3 is 0 Å². The van der Waals surface area contributed by atoms with Gasteiger partial charge in [0.2, 0.25) is 0 Å². The van der Waals surface area contributed by atoms with Crippen molar-refractivity contribution in [2.45, 2.75) is 5.33 Å². The molecule has 0 atom stereocenters. The normalized spacial score (nSPS) is 9.87. The summed E-state index contributed by atoms with van der Waals surface area (Å²) in [5.74, 6) is 0. The third kappa shape index (κ3) is 2.11. The van der Waals surface area contributed by atoms with E-state index >= 15 is 0 Å². The van der Waals surface area contributed by atoms with Crippen molar-refractivity contribution in [2.24, 2.45) is 0 Å². The quantitative estimate of drug-likeness (QED) is 0.756. The van der Waals surface area contributed by atoms with E-state index in [1.807, 2.05) is 24.3 Å². The van der Waals surface area contributed by atoms with Crippen molar-refractivity contribution < 1.29 is 0 Å². The number of thiophene rings is 1. The zero-order valence-corrected chi connectivity index (χ0v) is 10.3. The zero-order chi connectivity index (χ0) is 10.7. The molecule has 0 N–H and O–H groups in total. The first kappa shape index (κ1) is 10.4. The molecule has 15 heavy (non-hydrogen) atoms. The Balaban J connectivity index is 2.49. The van der Waals surface area contributed by atoms with Crippen LogP contribution in [0, 0.1) is 11.3 Å². The molecule has 0 saturated carbocycles. The first-order chi connectivity index (χ1) is 7.35. The highest BCUT2D eigenvalue weighted by Crippen LogP contribution is 2.31. The number of rotatable bonds is 2. The van der Waals surface area contributed by atoms with Gasteiger partial charge in [0, 0.05) is 20.6 Å². The molecule has 0 radical (unpaired) electrons. The van der Waals surface area contributed by atoms with E-state index in [4.69, 9.17) is 5.26 Å². The van der Waals surface area contributed by atoms with Gasteiger partial charge in [-0.3, -0.25) is 0 Å². The molecule has 2 rings (SSSR count). The Kier molecular flexibility index (Phi) is 3.20. The van der Waals surface area contributed by atoms with E-state index in [2.05, 4.69) is 34.1 Å². The van der Waals surface area contributed by atoms with E-state index in [-0.39, 0.29) is 0 Å². The standard InChI is InChI=1S/C12H8BrNS/c13-7-10-5-6-12(15-10)11-4-2-1-3-9(11)8-14/h1-6H,7H2. The fourth-order valence-corrected chi connectivity index (χ4v) is 2.82. The minimum atomic E-state index is 0.737. The van der Waals surface area contributed by atoms with Crippen LogP contribution in [0.2, 0.25) is 0 Å². The van der Waals surface area contributed by atoms with Gasteiger partial charge in [-0.1, -0.05) is 34.1 Å². The molecule has 0 amide bonds. The minimum Gasteiger partial charge on any atom is -0.192 e. The van der Waals surface area contributed by atoms with Crippen molar-refractivity contribution in [2.75, 3.05) is 0 Å². The van der Waals surface area contributed by atoms with Crippen molar-refractivity contribution in [3.63, 3.8) is 0 Å². The summed E-state index contributed by atoms with van der Waals surface area (Å²) in [7, 11) is 0. The Hall–Kier alpha value is -1.11. The number of hydrogen-bond donors (Lipinski definition) is 0. The van der Waals surface area contributed by atoms with E-state index in [1.165, 1.54) is 4.88 Å². The highest BCUT2D eigenvalue weighted by molar-refractivity contribution is 9.08. The molecule has 2 aromatic rings. The summed E-state index contributed by atoms with van der Waals surface area (Å²) in [4.78, 5) is 2.43. The molecule has 0 spiro atoms. The van der Waals surface area contributed by atoms with Crippen LogP contribution >= 0.6 is 27.3 Å². The van der Waals surface area contributed by atoms with Gasteiger partial charge in [-0.25, -0.2) is 0 Å². The number of nitriles is 1. The van der Waals surface area contributed by atoms with E-state index in [1.54, 1.807) is 11.3 Å². The van der Waals surface area contributed by atoms with Gasteiger partial charge in [0.25, 0.3) is 0 Å². The lowest BCUT2D eigenvalue weighted by molar-refractivity contribution is 1.49. The molecule has 3 heteroatoms. The Morgan fingerprint density at radius 1 is 1.20 bits per heavy atom. The minimum absolute atomic E-state index is 0.737. The number of alkyl halides is 1. The Morgan fingerprint density at radius 3 is 2.67 bits per heavy atom. The van der Waals surface area contributed by atoms with Crippen molar-refractivity contribution in [3.8, 4) is 16.5 Å². The summed E-state index contributed by atoms with van der Waals surface area (Å²) in [6.45, 7) is 0. The van der Waals surface area contributed by atoms with Crippen molar-refractivity contribution in [1.29, 1.82) is 5.26 Å². The number of halogens is 1. The molecule has 0 aliphatic heterocycles. The summed E-state index contributed by atoms with van der Waals surface area (Å²) < 4.78 is 0. The highest BCUT2D eigenvalue weighted by Gasteiger charge is 2.06.